The summed E-state index contributed by atoms with van der Waals surface area (Å²) in [6.45, 7) is 5.58. The molecule has 0 bridgehead atoms. The first-order valence-corrected chi connectivity index (χ1v) is 7.37. The molecule has 0 saturated carbocycles. The number of para-hydroxylation sites is 2. The molecular formula is C18H23NO2. The standard InChI is InChI=1S/C18H23NO2/c1-14(2)15-7-5-8-16(13-15)20-11-6-12-21-18-10-4-3-9-17(18)19/h3-5,7-10,13-14H,6,11-12,19H2,1-2H3. The lowest BCUT2D eigenvalue weighted by atomic mass is 10.0. The van der Waals surface area contributed by atoms with Crippen LogP contribution in [0.3, 0.4) is 0 Å². The zero-order chi connectivity index (χ0) is 15.1. The van der Waals surface area contributed by atoms with Crippen LogP contribution in [0.5, 0.6) is 11.5 Å². The van der Waals surface area contributed by atoms with Gasteiger partial charge in [0.05, 0.1) is 18.9 Å². The smallest absolute Gasteiger partial charge is 0.142 e. The van der Waals surface area contributed by atoms with Crippen molar-refractivity contribution in [2.45, 2.75) is 26.2 Å². The fraction of sp³-hybridized carbons (Fsp3) is 0.333. The van der Waals surface area contributed by atoms with Crippen molar-refractivity contribution in [3.63, 3.8) is 0 Å². The molecular weight excluding hydrogens is 262 g/mol. The Hall–Kier alpha value is -2.16. The molecule has 21 heavy (non-hydrogen) atoms. The first-order valence-electron chi connectivity index (χ1n) is 7.37. The van der Waals surface area contributed by atoms with Crippen LogP contribution in [-0.4, -0.2) is 13.2 Å². The van der Waals surface area contributed by atoms with E-state index in [2.05, 4.69) is 26.0 Å². The van der Waals surface area contributed by atoms with Crippen LogP contribution in [-0.2, 0) is 0 Å². The van der Waals surface area contributed by atoms with E-state index in [-0.39, 0.29) is 0 Å². The van der Waals surface area contributed by atoms with E-state index in [0.29, 0.717) is 24.8 Å². The minimum atomic E-state index is 0.512. The van der Waals surface area contributed by atoms with Crippen molar-refractivity contribution in [1.29, 1.82) is 0 Å². The Morgan fingerprint density at radius 3 is 2.48 bits per heavy atom. The Morgan fingerprint density at radius 2 is 1.71 bits per heavy atom. The Morgan fingerprint density at radius 1 is 0.952 bits per heavy atom. The van der Waals surface area contributed by atoms with E-state index in [0.717, 1.165) is 17.9 Å². The van der Waals surface area contributed by atoms with Crippen molar-refractivity contribution in [3.8, 4) is 11.5 Å². The summed E-state index contributed by atoms with van der Waals surface area (Å²) in [6.07, 6.45) is 0.820. The van der Waals surface area contributed by atoms with Gasteiger partial charge < -0.3 is 15.2 Å². The van der Waals surface area contributed by atoms with Gasteiger partial charge in [0.25, 0.3) is 0 Å². The number of hydrogen-bond donors (Lipinski definition) is 1. The first-order chi connectivity index (χ1) is 10.2. The summed E-state index contributed by atoms with van der Waals surface area (Å²) in [5, 5.41) is 0. The highest BCUT2D eigenvalue weighted by molar-refractivity contribution is 5.51. The quantitative estimate of drug-likeness (QED) is 0.611. The van der Waals surface area contributed by atoms with Crippen molar-refractivity contribution in [3.05, 3.63) is 54.1 Å². The van der Waals surface area contributed by atoms with E-state index in [9.17, 15) is 0 Å². The number of ether oxygens (including phenoxy) is 2. The fourth-order valence-corrected chi connectivity index (χ4v) is 2.01. The fourth-order valence-electron chi connectivity index (χ4n) is 2.01. The zero-order valence-corrected chi connectivity index (χ0v) is 12.7. The highest BCUT2D eigenvalue weighted by Gasteiger charge is 2.01. The summed E-state index contributed by atoms with van der Waals surface area (Å²) in [7, 11) is 0. The molecule has 0 spiro atoms. The highest BCUT2D eigenvalue weighted by Crippen LogP contribution is 2.21. The number of nitrogens with two attached hydrogens (primary N) is 1. The topological polar surface area (TPSA) is 44.5 Å². The molecule has 2 aromatic rings. The van der Waals surface area contributed by atoms with Gasteiger partial charge in [-0.3, -0.25) is 0 Å². The number of benzene rings is 2. The van der Waals surface area contributed by atoms with E-state index < -0.39 is 0 Å². The molecule has 0 amide bonds. The van der Waals surface area contributed by atoms with Gasteiger partial charge in [-0.2, -0.15) is 0 Å². The minimum absolute atomic E-state index is 0.512. The maximum absolute atomic E-state index is 5.82. The molecule has 2 N–H and O–H groups in total. The van der Waals surface area contributed by atoms with E-state index in [4.69, 9.17) is 15.2 Å². The average molecular weight is 285 g/mol. The van der Waals surface area contributed by atoms with Crippen molar-refractivity contribution in [2.24, 2.45) is 0 Å². The summed E-state index contributed by atoms with van der Waals surface area (Å²) in [5.41, 5.74) is 7.78. The van der Waals surface area contributed by atoms with Gasteiger partial charge in [-0.15, -0.1) is 0 Å². The molecule has 0 atom stereocenters. The summed E-state index contributed by atoms with van der Waals surface area (Å²) < 4.78 is 11.4. The Kier molecular flexibility index (Phi) is 5.50. The SMILES string of the molecule is CC(C)c1cccc(OCCCOc2ccccc2N)c1. The minimum Gasteiger partial charge on any atom is -0.493 e. The van der Waals surface area contributed by atoms with Gasteiger partial charge in [-0.05, 0) is 35.7 Å². The van der Waals surface area contributed by atoms with Crippen LogP contribution in [0.15, 0.2) is 48.5 Å². The molecule has 112 valence electrons. The lowest BCUT2D eigenvalue weighted by molar-refractivity contribution is 0.248. The van der Waals surface area contributed by atoms with Gasteiger partial charge in [0.1, 0.15) is 11.5 Å². The molecule has 0 fully saturated rings. The van der Waals surface area contributed by atoms with Crippen molar-refractivity contribution in [1.82, 2.24) is 0 Å². The summed E-state index contributed by atoms with van der Waals surface area (Å²) in [5.74, 6) is 2.16. The van der Waals surface area contributed by atoms with Crippen LogP contribution >= 0.6 is 0 Å². The molecule has 0 saturated heterocycles. The summed E-state index contributed by atoms with van der Waals surface area (Å²) >= 11 is 0. The van der Waals surface area contributed by atoms with Crippen LogP contribution in [0.2, 0.25) is 0 Å². The van der Waals surface area contributed by atoms with E-state index in [1.807, 2.05) is 36.4 Å². The number of rotatable bonds is 7. The molecule has 0 aromatic heterocycles. The second kappa shape index (κ2) is 7.58. The largest absolute Gasteiger partial charge is 0.493 e. The maximum Gasteiger partial charge on any atom is 0.142 e. The molecule has 0 aliphatic heterocycles. The lowest BCUT2D eigenvalue weighted by Crippen LogP contribution is -2.06. The van der Waals surface area contributed by atoms with Gasteiger partial charge in [-0.25, -0.2) is 0 Å². The van der Waals surface area contributed by atoms with Gasteiger partial charge in [0.2, 0.25) is 0 Å². The molecule has 0 aliphatic carbocycles. The van der Waals surface area contributed by atoms with Crippen molar-refractivity contribution >= 4 is 5.69 Å². The summed E-state index contributed by atoms with van der Waals surface area (Å²) in [4.78, 5) is 0. The van der Waals surface area contributed by atoms with Crippen molar-refractivity contribution in [2.75, 3.05) is 18.9 Å². The van der Waals surface area contributed by atoms with Gasteiger partial charge in [0.15, 0.2) is 0 Å². The summed E-state index contributed by atoms with van der Waals surface area (Å²) in [6, 6.07) is 15.8. The third-order valence-corrected chi connectivity index (χ3v) is 3.26. The molecule has 0 radical (unpaired) electrons. The second-order valence-electron chi connectivity index (χ2n) is 5.32. The van der Waals surface area contributed by atoms with E-state index >= 15 is 0 Å². The second-order valence-corrected chi connectivity index (χ2v) is 5.32. The maximum atomic E-state index is 5.82. The number of hydrogen-bond acceptors (Lipinski definition) is 3. The Labute approximate surface area is 126 Å². The van der Waals surface area contributed by atoms with E-state index in [1.165, 1.54) is 5.56 Å². The highest BCUT2D eigenvalue weighted by atomic mass is 16.5. The molecule has 0 unspecified atom stereocenters. The predicted octanol–water partition coefficient (Wildman–Crippen LogP) is 4.24. The Balaban J connectivity index is 1.73. The molecule has 0 heterocycles. The normalized spacial score (nSPS) is 10.6. The Bertz CT molecular complexity index is 567. The lowest BCUT2D eigenvalue weighted by Gasteiger charge is -2.11. The zero-order valence-electron chi connectivity index (χ0n) is 12.7. The average Bonchev–Trinajstić information content (AvgIpc) is 2.49. The van der Waals surface area contributed by atoms with Crippen LogP contribution < -0.4 is 15.2 Å². The predicted molar refractivity (Wildman–Crippen MR) is 87.0 cm³/mol. The molecule has 3 nitrogen and oxygen atoms in total. The van der Waals surface area contributed by atoms with Crippen LogP contribution in [0.25, 0.3) is 0 Å². The molecule has 0 aliphatic rings. The van der Waals surface area contributed by atoms with Gasteiger partial charge >= 0.3 is 0 Å². The molecule has 2 aromatic carbocycles. The van der Waals surface area contributed by atoms with Crippen LogP contribution in [0.4, 0.5) is 5.69 Å². The first kappa shape index (κ1) is 15.2. The van der Waals surface area contributed by atoms with Crippen LogP contribution in [0, 0.1) is 0 Å². The van der Waals surface area contributed by atoms with Gasteiger partial charge in [-0.1, -0.05) is 38.1 Å². The monoisotopic (exact) mass is 285 g/mol. The number of anilines is 1. The third-order valence-electron chi connectivity index (χ3n) is 3.26. The number of nitrogen functional groups attached to an aromatic ring is 1. The molecule has 3 heteroatoms. The van der Waals surface area contributed by atoms with E-state index in [1.54, 1.807) is 0 Å². The van der Waals surface area contributed by atoms with Crippen molar-refractivity contribution < 1.29 is 9.47 Å². The molecule has 2 rings (SSSR count). The van der Waals surface area contributed by atoms with Gasteiger partial charge in [0, 0.05) is 6.42 Å². The third kappa shape index (κ3) is 4.71. The van der Waals surface area contributed by atoms with Crippen LogP contribution in [0.1, 0.15) is 31.7 Å².